The van der Waals surface area contributed by atoms with Gasteiger partial charge in [-0.25, -0.2) is 4.98 Å². The Morgan fingerprint density at radius 3 is 2.53 bits per heavy atom. The minimum atomic E-state index is 0.650. The topological polar surface area (TPSA) is 41.1 Å². The number of benzene rings is 1. The molecule has 1 aromatic heterocycles. The van der Waals surface area contributed by atoms with Gasteiger partial charge in [0.1, 0.15) is 5.82 Å². The van der Waals surface area contributed by atoms with E-state index in [0.717, 1.165) is 16.7 Å². The smallest absolute Gasteiger partial charge is 0.224 e. The number of anilines is 2. The molecule has 4 heteroatoms. The van der Waals surface area contributed by atoms with Crippen LogP contribution in [0.5, 0.6) is 0 Å². The molecule has 0 fully saturated rings. The van der Waals surface area contributed by atoms with Crippen molar-refractivity contribution < 1.29 is 0 Å². The highest BCUT2D eigenvalue weighted by Gasteiger charge is 2.07. The van der Waals surface area contributed by atoms with Crippen molar-refractivity contribution in [3.8, 4) is 0 Å². The van der Waals surface area contributed by atoms with Gasteiger partial charge in [0.2, 0.25) is 5.95 Å². The Morgan fingerprint density at radius 1 is 1.13 bits per heavy atom. The third-order valence-electron chi connectivity index (χ3n) is 2.23. The molecule has 0 atom stereocenters. The van der Waals surface area contributed by atoms with Crippen molar-refractivity contribution in [2.24, 2.45) is 0 Å². The summed E-state index contributed by atoms with van der Waals surface area (Å²) in [5.41, 5.74) is 0.959. The van der Waals surface area contributed by atoms with Crippen molar-refractivity contribution in [2.45, 2.75) is 0 Å². The third kappa shape index (κ3) is 1.70. The van der Waals surface area contributed by atoms with E-state index in [9.17, 15) is 0 Å². The molecule has 0 aliphatic heterocycles. The molecule has 1 aromatic carbocycles. The first-order valence-corrected chi connectivity index (χ1v) is 4.84. The molecule has 0 unspecified atom stereocenters. The number of nitrogens with one attached hydrogen (secondary N) is 1. The van der Waals surface area contributed by atoms with Crippen molar-refractivity contribution in [3.05, 3.63) is 24.3 Å². The predicted octanol–water partition coefficient (Wildman–Crippen LogP) is 1.74. The Kier molecular flexibility index (Phi) is 2.41. The predicted molar refractivity (Wildman–Crippen MR) is 63.4 cm³/mol. The standard InChI is InChI=1S/C11H14N4/c1-12-11-13-9-7-5-4-6-8(9)10(14-11)15(2)3/h4-7H,1-3H3,(H,12,13,14). The summed E-state index contributed by atoms with van der Waals surface area (Å²) < 4.78 is 0. The molecule has 0 aliphatic carbocycles. The van der Waals surface area contributed by atoms with Crippen LogP contribution in [-0.2, 0) is 0 Å². The highest BCUT2D eigenvalue weighted by Crippen LogP contribution is 2.23. The fourth-order valence-corrected chi connectivity index (χ4v) is 1.51. The zero-order valence-corrected chi connectivity index (χ0v) is 9.15. The molecule has 4 nitrogen and oxygen atoms in total. The number of hydrogen-bond acceptors (Lipinski definition) is 4. The van der Waals surface area contributed by atoms with Crippen LogP contribution in [-0.4, -0.2) is 31.1 Å². The van der Waals surface area contributed by atoms with E-state index in [1.165, 1.54) is 0 Å². The lowest BCUT2D eigenvalue weighted by molar-refractivity contribution is 1.06. The van der Waals surface area contributed by atoms with Gasteiger partial charge in [0, 0.05) is 26.5 Å². The molecular weight excluding hydrogens is 188 g/mol. The molecule has 0 saturated heterocycles. The summed E-state index contributed by atoms with van der Waals surface area (Å²) >= 11 is 0. The van der Waals surface area contributed by atoms with Crippen molar-refractivity contribution >= 4 is 22.7 Å². The van der Waals surface area contributed by atoms with Crippen LogP contribution >= 0.6 is 0 Å². The summed E-state index contributed by atoms with van der Waals surface area (Å²) in [6, 6.07) is 8.00. The molecule has 0 amide bonds. The third-order valence-corrected chi connectivity index (χ3v) is 2.23. The second kappa shape index (κ2) is 3.73. The minimum Gasteiger partial charge on any atom is -0.362 e. The van der Waals surface area contributed by atoms with Crippen LogP contribution in [0.4, 0.5) is 11.8 Å². The lowest BCUT2D eigenvalue weighted by atomic mass is 10.2. The Morgan fingerprint density at radius 2 is 1.87 bits per heavy atom. The van der Waals surface area contributed by atoms with Gasteiger partial charge in [0.05, 0.1) is 5.52 Å². The molecule has 0 aliphatic rings. The Bertz CT molecular complexity index is 479. The summed E-state index contributed by atoms with van der Waals surface area (Å²) in [7, 11) is 5.78. The highest BCUT2D eigenvalue weighted by molar-refractivity contribution is 5.90. The van der Waals surface area contributed by atoms with Crippen LogP contribution in [0.2, 0.25) is 0 Å². The van der Waals surface area contributed by atoms with Crippen LogP contribution in [0, 0.1) is 0 Å². The molecule has 1 N–H and O–H groups in total. The molecule has 0 radical (unpaired) electrons. The molecule has 1 heterocycles. The van der Waals surface area contributed by atoms with E-state index in [0.29, 0.717) is 5.95 Å². The monoisotopic (exact) mass is 202 g/mol. The normalized spacial score (nSPS) is 10.3. The number of aromatic nitrogens is 2. The minimum absolute atomic E-state index is 0.650. The van der Waals surface area contributed by atoms with Gasteiger partial charge in [-0.1, -0.05) is 12.1 Å². The first kappa shape index (κ1) is 9.71. The molecule has 78 valence electrons. The van der Waals surface area contributed by atoms with Gasteiger partial charge in [-0.15, -0.1) is 0 Å². The Balaban J connectivity index is 2.74. The maximum absolute atomic E-state index is 4.42. The quantitative estimate of drug-likeness (QED) is 0.805. The largest absolute Gasteiger partial charge is 0.362 e. The summed E-state index contributed by atoms with van der Waals surface area (Å²) in [6.07, 6.45) is 0. The van der Waals surface area contributed by atoms with Crippen LogP contribution in [0.3, 0.4) is 0 Å². The van der Waals surface area contributed by atoms with Crippen molar-refractivity contribution in [2.75, 3.05) is 31.4 Å². The SMILES string of the molecule is CNc1nc(N(C)C)c2ccccc2n1. The van der Waals surface area contributed by atoms with Gasteiger partial charge in [-0.3, -0.25) is 0 Å². The maximum atomic E-state index is 4.42. The average Bonchev–Trinajstić information content (AvgIpc) is 2.27. The average molecular weight is 202 g/mol. The first-order chi connectivity index (χ1) is 7.22. The second-order valence-electron chi connectivity index (χ2n) is 3.53. The summed E-state index contributed by atoms with van der Waals surface area (Å²) in [5.74, 6) is 1.59. The molecule has 0 spiro atoms. The van der Waals surface area contributed by atoms with E-state index in [-0.39, 0.29) is 0 Å². The van der Waals surface area contributed by atoms with Crippen LogP contribution in [0.25, 0.3) is 10.9 Å². The Hall–Kier alpha value is -1.84. The summed E-state index contributed by atoms with van der Waals surface area (Å²) in [6.45, 7) is 0. The fourth-order valence-electron chi connectivity index (χ4n) is 1.51. The van der Waals surface area contributed by atoms with E-state index in [2.05, 4.69) is 15.3 Å². The summed E-state index contributed by atoms with van der Waals surface area (Å²) in [5, 5.41) is 4.04. The number of rotatable bonds is 2. The fraction of sp³-hybridized carbons (Fsp3) is 0.273. The molecule has 0 saturated carbocycles. The van der Waals surface area contributed by atoms with Crippen LogP contribution in [0.15, 0.2) is 24.3 Å². The number of para-hydroxylation sites is 1. The van der Waals surface area contributed by atoms with E-state index in [1.54, 1.807) is 0 Å². The van der Waals surface area contributed by atoms with Gasteiger partial charge in [-0.05, 0) is 12.1 Å². The van der Waals surface area contributed by atoms with Crippen molar-refractivity contribution in [1.82, 2.24) is 9.97 Å². The highest BCUT2D eigenvalue weighted by atomic mass is 15.2. The number of fused-ring (bicyclic) bond motifs is 1. The van der Waals surface area contributed by atoms with Gasteiger partial charge >= 0.3 is 0 Å². The molecular formula is C11H14N4. The lowest BCUT2D eigenvalue weighted by Gasteiger charge is -2.14. The second-order valence-corrected chi connectivity index (χ2v) is 3.53. The Labute approximate surface area is 89.0 Å². The van der Waals surface area contributed by atoms with Gasteiger partial charge in [0.15, 0.2) is 0 Å². The zero-order chi connectivity index (χ0) is 10.8. The van der Waals surface area contributed by atoms with Crippen molar-refractivity contribution in [3.63, 3.8) is 0 Å². The first-order valence-electron chi connectivity index (χ1n) is 4.84. The van der Waals surface area contributed by atoms with Crippen LogP contribution < -0.4 is 10.2 Å². The van der Waals surface area contributed by atoms with E-state index < -0.39 is 0 Å². The molecule has 2 rings (SSSR count). The number of nitrogens with zero attached hydrogens (tertiary/aromatic N) is 3. The zero-order valence-electron chi connectivity index (χ0n) is 9.15. The van der Waals surface area contributed by atoms with Crippen LogP contribution in [0.1, 0.15) is 0 Å². The summed E-state index contributed by atoms with van der Waals surface area (Å²) in [4.78, 5) is 10.8. The van der Waals surface area contributed by atoms with Crippen molar-refractivity contribution in [1.29, 1.82) is 0 Å². The molecule has 15 heavy (non-hydrogen) atoms. The number of hydrogen-bond donors (Lipinski definition) is 1. The van der Waals surface area contributed by atoms with Gasteiger partial charge < -0.3 is 10.2 Å². The van der Waals surface area contributed by atoms with Gasteiger partial charge in [-0.2, -0.15) is 4.98 Å². The van der Waals surface area contributed by atoms with E-state index in [1.807, 2.05) is 50.3 Å². The molecule has 0 bridgehead atoms. The van der Waals surface area contributed by atoms with E-state index in [4.69, 9.17) is 0 Å². The van der Waals surface area contributed by atoms with E-state index >= 15 is 0 Å². The maximum Gasteiger partial charge on any atom is 0.224 e. The molecule has 2 aromatic rings. The van der Waals surface area contributed by atoms with Gasteiger partial charge in [0.25, 0.3) is 0 Å². The lowest BCUT2D eigenvalue weighted by Crippen LogP contribution is -2.12.